The van der Waals surface area contributed by atoms with Crippen molar-refractivity contribution < 1.29 is 9.16 Å². The Balaban J connectivity index is 2.15. The van der Waals surface area contributed by atoms with Crippen LogP contribution in [0, 0.1) is 5.92 Å². The molecule has 1 aromatic heterocycles. The van der Waals surface area contributed by atoms with E-state index in [1.54, 1.807) is 12.4 Å². The molecule has 2 rings (SSSR count). The smallest absolute Gasteiger partial charge is 0.192 e. The summed E-state index contributed by atoms with van der Waals surface area (Å²) in [6.07, 6.45) is 7.74. The van der Waals surface area contributed by atoms with Crippen molar-refractivity contribution in [3.63, 3.8) is 0 Å². The van der Waals surface area contributed by atoms with Crippen molar-refractivity contribution in [2.75, 3.05) is 13.2 Å². The number of hydrogen-bond acceptors (Lipinski definition) is 3. The molecule has 0 aliphatic carbocycles. The monoisotopic (exact) mass is 403 g/mol. The molecule has 0 bridgehead atoms. The van der Waals surface area contributed by atoms with Gasteiger partial charge < -0.3 is 9.16 Å². The van der Waals surface area contributed by atoms with E-state index in [4.69, 9.17) is 32.4 Å². The minimum Gasteiger partial charge on any atom is -0.410 e. The molecule has 25 heavy (non-hydrogen) atoms. The summed E-state index contributed by atoms with van der Waals surface area (Å²) in [5, 5.41) is 1.24. The minimum absolute atomic E-state index is 0.0307. The summed E-state index contributed by atoms with van der Waals surface area (Å²) in [4.78, 5) is 4.10. The van der Waals surface area contributed by atoms with Gasteiger partial charge in [0, 0.05) is 31.2 Å². The molecule has 1 aliphatic heterocycles. The highest BCUT2D eigenvalue weighted by molar-refractivity contribution is 6.73. The Morgan fingerprint density at radius 1 is 1.20 bits per heavy atom. The molecule has 0 saturated carbocycles. The fraction of sp³-hybridized carbons (Fsp3) is 0.737. The van der Waals surface area contributed by atoms with Crippen LogP contribution in [0.25, 0.3) is 0 Å². The normalized spacial score (nSPS) is 19.3. The van der Waals surface area contributed by atoms with E-state index in [1.807, 2.05) is 0 Å². The summed E-state index contributed by atoms with van der Waals surface area (Å²) < 4.78 is 12.3. The Bertz CT molecular complexity index is 506. The number of ether oxygens (including phenoxy) is 1. The maximum Gasteiger partial charge on any atom is 0.192 e. The third kappa shape index (κ3) is 5.67. The Morgan fingerprint density at radius 2 is 1.84 bits per heavy atom. The lowest BCUT2D eigenvalue weighted by Crippen LogP contribution is -2.37. The summed E-state index contributed by atoms with van der Waals surface area (Å²) in [6, 6.07) is 3.36. The summed E-state index contributed by atoms with van der Waals surface area (Å²) in [5.41, 5.74) is 0.924. The van der Waals surface area contributed by atoms with E-state index in [0.29, 0.717) is 16.0 Å². The van der Waals surface area contributed by atoms with Crippen LogP contribution in [0.1, 0.15) is 58.1 Å². The van der Waals surface area contributed by atoms with E-state index in [0.717, 1.165) is 49.8 Å². The Hall–Kier alpha value is -0.133. The van der Waals surface area contributed by atoms with Crippen molar-refractivity contribution in [3.05, 3.63) is 28.0 Å². The zero-order chi connectivity index (χ0) is 18.3. The Morgan fingerprint density at radius 3 is 2.36 bits per heavy atom. The molecule has 1 unspecified atom stereocenters. The summed E-state index contributed by atoms with van der Waals surface area (Å²) in [7, 11) is -1.75. The maximum absolute atomic E-state index is 6.81. The molecule has 3 nitrogen and oxygen atoms in total. The van der Waals surface area contributed by atoms with E-state index in [-0.39, 0.29) is 6.10 Å². The molecule has 142 valence electrons. The average molecular weight is 404 g/mol. The second kappa shape index (κ2) is 10.3. The van der Waals surface area contributed by atoms with Crippen molar-refractivity contribution in [1.29, 1.82) is 0 Å². The number of aromatic nitrogens is 1. The highest BCUT2D eigenvalue weighted by Crippen LogP contribution is 2.39. The standard InChI is InChI=1S/C19H31Cl2NO2Si/c1-4-25(5-2,6-3)24-18(9-7-8-15-10-11-23-14-15)19-16(20)12-22-13-17(19)21/h12-13,15,18H,4-11,14H2,1-3H3/t15-,18?/m1/s1. The van der Waals surface area contributed by atoms with Gasteiger partial charge in [0.15, 0.2) is 8.32 Å². The molecule has 0 aromatic carbocycles. The molecule has 0 N–H and O–H groups in total. The van der Waals surface area contributed by atoms with Gasteiger partial charge >= 0.3 is 0 Å². The van der Waals surface area contributed by atoms with Crippen LogP contribution < -0.4 is 0 Å². The fourth-order valence-electron chi connectivity index (χ4n) is 3.70. The van der Waals surface area contributed by atoms with Crippen LogP contribution in [0.2, 0.25) is 28.2 Å². The van der Waals surface area contributed by atoms with Crippen LogP contribution in [0.5, 0.6) is 0 Å². The molecule has 2 atom stereocenters. The first-order valence-corrected chi connectivity index (χ1v) is 12.9. The largest absolute Gasteiger partial charge is 0.410 e. The van der Waals surface area contributed by atoms with E-state index in [1.165, 1.54) is 12.8 Å². The molecule has 1 saturated heterocycles. The predicted octanol–water partition coefficient (Wildman–Crippen LogP) is 6.66. The van der Waals surface area contributed by atoms with Gasteiger partial charge in [-0.1, -0.05) is 50.4 Å². The van der Waals surface area contributed by atoms with Gasteiger partial charge in [0.2, 0.25) is 0 Å². The first-order chi connectivity index (χ1) is 12.0. The van der Waals surface area contributed by atoms with Crippen LogP contribution in [0.3, 0.4) is 0 Å². The molecule has 6 heteroatoms. The third-order valence-electron chi connectivity index (χ3n) is 5.64. The van der Waals surface area contributed by atoms with E-state index < -0.39 is 8.32 Å². The second-order valence-electron chi connectivity index (χ2n) is 7.03. The van der Waals surface area contributed by atoms with E-state index in [2.05, 4.69) is 25.8 Å². The highest BCUT2D eigenvalue weighted by Gasteiger charge is 2.34. The van der Waals surface area contributed by atoms with Gasteiger partial charge in [-0.2, -0.15) is 0 Å². The van der Waals surface area contributed by atoms with Gasteiger partial charge in [-0.25, -0.2) is 0 Å². The average Bonchev–Trinajstić information content (AvgIpc) is 3.12. The van der Waals surface area contributed by atoms with Crippen LogP contribution >= 0.6 is 23.2 Å². The Kier molecular flexibility index (Phi) is 8.69. The minimum atomic E-state index is -1.75. The van der Waals surface area contributed by atoms with E-state index >= 15 is 0 Å². The topological polar surface area (TPSA) is 31.4 Å². The molecule has 0 radical (unpaired) electrons. The predicted molar refractivity (Wildman–Crippen MR) is 108 cm³/mol. The van der Waals surface area contributed by atoms with Crippen molar-refractivity contribution >= 4 is 31.5 Å². The van der Waals surface area contributed by atoms with E-state index in [9.17, 15) is 0 Å². The number of halogens is 2. The van der Waals surface area contributed by atoms with Gasteiger partial charge in [-0.05, 0) is 43.3 Å². The fourth-order valence-corrected chi connectivity index (χ4v) is 7.14. The second-order valence-corrected chi connectivity index (χ2v) is 12.6. The maximum atomic E-state index is 6.81. The van der Waals surface area contributed by atoms with Crippen molar-refractivity contribution in [3.8, 4) is 0 Å². The zero-order valence-electron chi connectivity index (χ0n) is 15.7. The molecule has 1 aromatic rings. The number of hydrogen-bond donors (Lipinski definition) is 0. The lowest BCUT2D eigenvalue weighted by Gasteiger charge is -2.34. The van der Waals surface area contributed by atoms with Gasteiger partial charge in [-0.15, -0.1) is 0 Å². The molecule has 2 heterocycles. The summed E-state index contributed by atoms with van der Waals surface area (Å²) in [5.74, 6) is 0.689. The molecule has 1 aliphatic rings. The Labute approximate surface area is 163 Å². The third-order valence-corrected chi connectivity index (χ3v) is 10.9. The van der Waals surface area contributed by atoms with Gasteiger partial charge in [0.05, 0.1) is 16.1 Å². The van der Waals surface area contributed by atoms with Crippen LogP contribution in [-0.2, 0) is 9.16 Å². The molecular formula is C19H31Cl2NO2Si. The van der Waals surface area contributed by atoms with Crippen molar-refractivity contribution in [2.24, 2.45) is 5.92 Å². The first-order valence-electron chi connectivity index (χ1n) is 9.59. The lowest BCUT2D eigenvalue weighted by atomic mass is 9.98. The van der Waals surface area contributed by atoms with Crippen LogP contribution in [-0.4, -0.2) is 26.5 Å². The van der Waals surface area contributed by atoms with Gasteiger partial charge in [-0.3, -0.25) is 4.98 Å². The molecule has 0 amide bonds. The number of rotatable bonds is 10. The van der Waals surface area contributed by atoms with Crippen LogP contribution in [0.15, 0.2) is 12.4 Å². The lowest BCUT2D eigenvalue weighted by molar-refractivity contribution is 0.166. The zero-order valence-corrected chi connectivity index (χ0v) is 18.2. The summed E-state index contributed by atoms with van der Waals surface area (Å²) >= 11 is 12.9. The first kappa shape index (κ1) is 21.2. The number of pyridine rings is 1. The van der Waals surface area contributed by atoms with Crippen molar-refractivity contribution in [2.45, 2.75) is 70.7 Å². The van der Waals surface area contributed by atoms with Crippen LogP contribution in [0.4, 0.5) is 0 Å². The quantitative estimate of drug-likeness (QED) is 0.409. The highest BCUT2D eigenvalue weighted by atomic mass is 35.5. The molecule has 0 spiro atoms. The van der Waals surface area contributed by atoms with Gasteiger partial charge in [0.1, 0.15) is 0 Å². The summed E-state index contributed by atoms with van der Waals surface area (Å²) in [6.45, 7) is 8.57. The van der Waals surface area contributed by atoms with Gasteiger partial charge in [0.25, 0.3) is 0 Å². The molecular weight excluding hydrogens is 373 g/mol. The number of nitrogens with zero attached hydrogens (tertiary/aromatic N) is 1. The SMILES string of the molecule is CC[Si](CC)(CC)OC(CCC[C@@H]1CCOC1)c1c(Cl)cncc1Cl. The molecule has 1 fully saturated rings. The van der Waals surface area contributed by atoms with Crippen molar-refractivity contribution in [1.82, 2.24) is 4.98 Å².